The van der Waals surface area contributed by atoms with E-state index in [-0.39, 0.29) is 5.91 Å². The first-order valence-corrected chi connectivity index (χ1v) is 7.18. The third kappa shape index (κ3) is 1.76. The highest BCUT2D eigenvalue weighted by molar-refractivity contribution is 5.98. The number of likely N-dealkylation sites (tertiary alicyclic amines) is 1. The van der Waals surface area contributed by atoms with Gasteiger partial charge in [-0.2, -0.15) is 0 Å². The number of carbonyl (C=O) groups excluding carboxylic acids is 1. The number of amides is 1. The van der Waals surface area contributed by atoms with Gasteiger partial charge in [0.15, 0.2) is 0 Å². The molecule has 1 saturated carbocycles. The lowest BCUT2D eigenvalue weighted by atomic mass is 10.0. The molecule has 2 heterocycles. The number of rotatable bonds is 1. The summed E-state index contributed by atoms with van der Waals surface area (Å²) in [5.41, 5.74) is 1.78. The van der Waals surface area contributed by atoms with Crippen LogP contribution >= 0.6 is 0 Å². The largest absolute Gasteiger partial charge is 0.351 e. The van der Waals surface area contributed by atoms with Crippen molar-refractivity contribution in [3.63, 3.8) is 0 Å². The highest BCUT2D eigenvalue weighted by atomic mass is 16.2. The van der Waals surface area contributed by atoms with Crippen LogP contribution in [0.3, 0.4) is 0 Å². The quantitative estimate of drug-likeness (QED) is 0.834. The number of carbonyl (C=O) groups is 1. The molecule has 4 rings (SSSR count). The van der Waals surface area contributed by atoms with Gasteiger partial charge in [0, 0.05) is 24.0 Å². The predicted molar refractivity (Wildman–Crippen MR) is 75.0 cm³/mol. The van der Waals surface area contributed by atoms with Gasteiger partial charge in [-0.3, -0.25) is 4.79 Å². The summed E-state index contributed by atoms with van der Waals surface area (Å²) < 4.78 is 0. The Morgan fingerprint density at radius 3 is 2.63 bits per heavy atom. The summed E-state index contributed by atoms with van der Waals surface area (Å²) in [7, 11) is 0. The van der Waals surface area contributed by atoms with Crippen LogP contribution in [-0.4, -0.2) is 28.9 Å². The molecule has 0 spiro atoms. The van der Waals surface area contributed by atoms with Crippen molar-refractivity contribution in [2.24, 2.45) is 11.8 Å². The topological polar surface area (TPSA) is 36.1 Å². The van der Waals surface area contributed by atoms with E-state index >= 15 is 0 Å². The molecule has 2 fully saturated rings. The number of aromatic nitrogens is 1. The van der Waals surface area contributed by atoms with Crippen LogP contribution in [-0.2, 0) is 0 Å². The second-order valence-corrected chi connectivity index (χ2v) is 5.93. The molecule has 2 aromatic rings. The normalized spacial score (nSPS) is 26.0. The lowest BCUT2D eigenvalue weighted by molar-refractivity contribution is 0.0776. The molecule has 1 amide bonds. The van der Waals surface area contributed by atoms with Gasteiger partial charge >= 0.3 is 0 Å². The third-order valence-electron chi connectivity index (χ3n) is 4.77. The fraction of sp³-hybridized carbons (Fsp3) is 0.438. The van der Waals surface area contributed by atoms with Gasteiger partial charge in [-0.25, -0.2) is 0 Å². The fourth-order valence-corrected chi connectivity index (χ4v) is 3.76. The molecular weight excluding hydrogens is 236 g/mol. The first-order valence-electron chi connectivity index (χ1n) is 7.18. The molecule has 2 atom stereocenters. The van der Waals surface area contributed by atoms with Crippen molar-refractivity contribution < 1.29 is 4.79 Å². The van der Waals surface area contributed by atoms with Gasteiger partial charge in [0.1, 0.15) is 5.69 Å². The average Bonchev–Trinajstić information content (AvgIpc) is 3.10. The number of hydrogen-bond donors (Lipinski definition) is 1. The SMILES string of the molecule is O=C(c1cc2ccccc2[nH]1)N1CC2CCCC2C1. The molecule has 1 N–H and O–H groups in total. The third-order valence-corrected chi connectivity index (χ3v) is 4.77. The van der Waals surface area contributed by atoms with E-state index in [1.54, 1.807) is 0 Å². The Morgan fingerprint density at radius 1 is 1.16 bits per heavy atom. The highest BCUT2D eigenvalue weighted by Gasteiger charge is 2.38. The van der Waals surface area contributed by atoms with Gasteiger partial charge in [0.25, 0.3) is 5.91 Å². The van der Waals surface area contributed by atoms with E-state index in [2.05, 4.69) is 4.98 Å². The van der Waals surface area contributed by atoms with E-state index in [4.69, 9.17) is 0 Å². The maximum Gasteiger partial charge on any atom is 0.270 e. The number of aromatic amines is 1. The van der Waals surface area contributed by atoms with E-state index in [1.165, 1.54) is 19.3 Å². The standard InChI is InChI=1S/C16H18N2O/c19-16(18-9-12-5-3-6-13(12)10-18)15-8-11-4-1-2-7-14(11)17-15/h1-2,4,7-8,12-13,17H,3,5-6,9-10H2. The molecule has 1 aromatic carbocycles. The summed E-state index contributed by atoms with van der Waals surface area (Å²) in [5.74, 6) is 1.69. The van der Waals surface area contributed by atoms with E-state index in [9.17, 15) is 4.79 Å². The molecule has 3 nitrogen and oxygen atoms in total. The molecule has 19 heavy (non-hydrogen) atoms. The van der Waals surface area contributed by atoms with E-state index in [0.29, 0.717) is 0 Å². The van der Waals surface area contributed by atoms with Gasteiger partial charge in [0.2, 0.25) is 0 Å². The van der Waals surface area contributed by atoms with Crippen molar-refractivity contribution in [1.29, 1.82) is 0 Å². The molecule has 3 heteroatoms. The van der Waals surface area contributed by atoms with E-state index < -0.39 is 0 Å². The first kappa shape index (κ1) is 11.1. The van der Waals surface area contributed by atoms with E-state index in [1.807, 2.05) is 35.2 Å². The van der Waals surface area contributed by atoms with Gasteiger partial charge in [-0.1, -0.05) is 24.6 Å². The van der Waals surface area contributed by atoms with Crippen LogP contribution in [0.2, 0.25) is 0 Å². The average molecular weight is 254 g/mol. The number of nitrogens with one attached hydrogen (secondary N) is 1. The van der Waals surface area contributed by atoms with Crippen LogP contribution in [0.25, 0.3) is 10.9 Å². The summed E-state index contributed by atoms with van der Waals surface area (Å²) in [6.45, 7) is 1.91. The minimum absolute atomic E-state index is 0.172. The van der Waals surface area contributed by atoms with Gasteiger partial charge in [0.05, 0.1) is 0 Å². The molecular formula is C16H18N2O. The Kier molecular flexibility index (Phi) is 2.40. The molecule has 2 unspecified atom stereocenters. The molecule has 0 bridgehead atoms. The Morgan fingerprint density at radius 2 is 1.89 bits per heavy atom. The van der Waals surface area contributed by atoms with Crippen molar-refractivity contribution in [2.75, 3.05) is 13.1 Å². The monoisotopic (exact) mass is 254 g/mol. The summed E-state index contributed by atoms with van der Waals surface area (Å²) in [6, 6.07) is 10.0. The number of hydrogen-bond acceptors (Lipinski definition) is 1. The highest BCUT2D eigenvalue weighted by Crippen LogP contribution is 2.38. The number of para-hydroxylation sites is 1. The molecule has 1 aromatic heterocycles. The Labute approximate surface area is 112 Å². The zero-order valence-electron chi connectivity index (χ0n) is 10.9. The lowest BCUT2D eigenvalue weighted by Gasteiger charge is -2.16. The molecule has 1 saturated heterocycles. The number of nitrogens with zero attached hydrogens (tertiary/aromatic N) is 1. The van der Waals surface area contributed by atoms with Crippen molar-refractivity contribution in [2.45, 2.75) is 19.3 Å². The van der Waals surface area contributed by atoms with Crippen LogP contribution in [0, 0.1) is 11.8 Å². The van der Waals surface area contributed by atoms with Crippen LogP contribution in [0.4, 0.5) is 0 Å². The summed E-state index contributed by atoms with van der Waals surface area (Å²) in [6.07, 6.45) is 3.96. The fourth-order valence-electron chi connectivity index (χ4n) is 3.76. The maximum atomic E-state index is 12.5. The molecule has 1 aliphatic carbocycles. The minimum atomic E-state index is 0.172. The summed E-state index contributed by atoms with van der Waals surface area (Å²) in [4.78, 5) is 17.8. The lowest BCUT2D eigenvalue weighted by Crippen LogP contribution is -2.29. The second kappa shape index (κ2) is 4.12. The zero-order valence-corrected chi connectivity index (χ0v) is 10.9. The van der Waals surface area contributed by atoms with Gasteiger partial charge < -0.3 is 9.88 Å². The Hall–Kier alpha value is -1.77. The van der Waals surface area contributed by atoms with Crippen molar-refractivity contribution >= 4 is 16.8 Å². The number of H-pyrrole nitrogens is 1. The number of benzene rings is 1. The van der Waals surface area contributed by atoms with Crippen LogP contribution in [0.5, 0.6) is 0 Å². The number of fused-ring (bicyclic) bond motifs is 2. The smallest absolute Gasteiger partial charge is 0.270 e. The molecule has 0 radical (unpaired) electrons. The minimum Gasteiger partial charge on any atom is -0.351 e. The van der Waals surface area contributed by atoms with Crippen molar-refractivity contribution in [3.05, 3.63) is 36.0 Å². The Bertz CT molecular complexity index is 585. The van der Waals surface area contributed by atoms with Crippen LogP contribution < -0.4 is 0 Å². The van der Waals surface area contributed by atoms with Gasteiger partial charge in [-0.15, -0.1) is 0 Å². The van der Waals surface area contributed by atoms with Crippen LogP contribution in [0.1, 0.15) is 29.8 Å². The Balaban J connectivity index is 1.60. The van der Waals surface area contributed by atoms with E-state index in [0.717, 1.165) is 41.5 Å². The van der Waals surface area contributed by atoms with Crippen molar-refractivity contribution in [1.82, 2.24) is 9.88 Å². The second-order valence-electron chi connectivity index (χ2n) is 5.93. The first-order chi connectivity index (χ1) is 9.31. The molecule has 1 aliphatic heterocycles. The van der Waals surface area contributed by atoms with Gasteiger partial charge in [-0.05, 0) is 36.8 Å². The van der Waals surface area contributed by atoms with Crippen LogP contribution in [0.15, 0.2) is 30.3 Å². The summed E-state index contributed by atoms with van der Waals surface area (Å²) in [5, 5.41) is 1.12. The summed E-state index contributed by atoms with van der Waals surface area (Å²) >= 11 is 0. The maximum absolute atomic E-state index is 12.5. The molecule has 98 valence electrons. The van der Waals surface area contributed by atoms with Crippen molar-refractivity contribution in [3.8, 4) is 0 Å². The predicted octanol–water partition coefficient (Wildman–Crippen LogP) is 3.04. The molecule has 2 aliphatic rings. The zero-order chi connectivity index (χ0) is 12.8.